The molecule has 0 bridgehead atoms. The molecule has 0 unspecified atom stereocenters. The molecule has 0 saturated carbocycles. The van der Waals surface area contributed by atoms with Crippen molar-refractivity contribution in [1.82, 2.24) is 10.2 Å². The number of hydrogen-bond donors (Lipinski definition) is 1. The van der Waals surface area contributed by atoms with Gasteiger partial charge < -0.3 is 10.2 Å². The van der Waals surface area contributed by atoms with Gasteiger partial charge in [0.15, 0.2) is 5.78 Å². The van der Waals surface area contributed by atoms with E-state index in [2.05, 4.69) is 5.32 Å². The van der Waals surface area contributed by atoms with Crippen LogP contribution in [0.2, 0.25) is 0 Å². The predicted octanol–water partition coefficient (Wildman–Crippen LogP) is 2.14. The number of hydrogen-bond acceptors (Lipinski definition) is 3. The molecule has 0 aromatic heterocycles. The van der Waals surface area contributed by atoms with Gasteiger partial charge in [0, 0.05) is 43.2 Å². The van der Waals surface area contributed by atoms with Crippen LogP contribution in [0.4, 0.5) is 0 Å². The third-order valence-corrected chi connectivity index (χ3v) is 3.54. The van der Waals surface area contributed by atoms with Crippen LogP contribution in [0.1, 0.15) is 41.0 Å². The fraction of sp³-hybridized carbons (Fsp3) is 0.467. The predicted molar refractivity (Wildman–Crippen MR) is 81.7 cm³/mol. The summed E-state index contributed by atoms with van der Waals surface area (Å²) in [5.74, 6) is 0.152. The van der Waals surface area contributed by atoms with E-state index in [1.54, 1.807) is 24.3 Å². The number of amides is 1. The summed E-state index contributed by atoms with van der Waals surface area (Å²) in [5.41, 5.74) is 1.33. The highest BCUT2D eigenvalue weighted by atomic mass is 35.5. The number of carbonyl (C=O) groups is 2. The second kappa shape index (κ2) is 7.41. The second-order valence-corrected chi connectivity index (χ2v) is 4.91. The largest absolute Gasteiger partial charge is 0.333 e. The number of rotatable bonds is 3. The van der Waals surface area contributed by atoms with Gasteiger partial charge in [-0.05, 0) is 19.1 Å². The molecule has 1 fully saturated rings. The summed E-state index contributed by atoms with van der Waals surface area (Å²) in [6.45, 7) is 6.28. The molecular formula is C15H21ClN2O2. The quantitative estimate of drug-likeness (QED) is 0.870. The maximum atomic E-state index is 12.4. The van der Waals surface area contributed by atoms with Crippen LogP contribution in [0, 0.1) is 0 Å². The van der Waals surface area contributed by atoms with Crippen LogP contribution in [-0.4, -0.2) is 42.3 Å². The van der Waals surface area contributed by atoms with E-state index in [-0.39, 0.29) is 30.1 Å². The van der Waals surface area contributed by atoms with E-state index in [4.69, 9.17) is 0 Å². The van der Waals surface area contributed by atoms with E-state index in [1.807, 2.05) is 18.7 Å². The first-order valence-corrected chi connectivity index (χ1v) is 6.78. The number of nitrogens with zero attached hydrogens (tertiary/aromatic N) is 1. The maximum Gasteiger partial charge on any atom is 0.254 e. The third-order valence-electron chi connectivity index (χ3n) is 3.54. The first-order valence-electron chi connectivity index (χ1n) is 6.78. The van der Waals surface area contributed by atoms with Gasteiger partial charge in [-0.3, -0.25) is 9.59 Å². The number of Topliss-reactive ketones (excluding diaryl/α,β-unsaturated/α-hetero) is 1. The maximum absolute atomic E-state index is 12.4. The molecule has 1 saturated heterocycles. The number of ketones is 1. The Bertz CT molecular complexity index is 473. The lowest BCUT2D eigenvalue weighted by Crippen LogP contribution is -2.52. The fourth-order valence-corrected chi connectivity index (χ4v) is 2.31. The van der Waals surface area contributed by atoms with E-state index < -0.39 is 0 Å². The Labute approximate surface area is 125 Å². The fourth-order valence-electron chi connectivity index (χ4n) is 2.31. The molecule has 1 atom stereocenters. The summed E-state index contributed by atoms with van der Waals surface area (Å²) in [6.07, 6.45) is 0.488. The summed E-state index contributed by atoms with van der Waals surface area (Å²) in [7, 11) is 0. The molecule has 1 aromatic carbocycles. The van der Waals surface area contributed by atoms with Gasteiger partial charge in [0.1, 0.15) is 0 Å². The molecule has 1 aromatic rings. The zero-order valence-electron chi connectivity index (χ0n) is 11.9. The molecule has 20 heavy (non-hydrogen) atoms. The lowest BCUT2D eigenvalue weighted by atomic mass is 10.1. The molecule has 1 N–H and O–H groups in total. The van der Waals surface area contributed by atoms with Gasteiger partial charge in [0.05, 0.1) is 0 Å². The SMILES string of the molecule is CCC(=O)c1ccc(C(=O)N2CCNC[C@H]2C)cc1.Cl. The summed E-state index contributed by atoms with van der Waals surface area (Å²) in [6, 6.07) is 7.19. The molecule has 1 heterocycles. The lowest BCUT2D eigenvalue weighted by Gasteiger charge is -2.34. The normalized spacial score (nSPS) is 18.3. The van der Waals surface area contributed by atoms with E-state index in [1.165, 1.54) is 0 Å². The standard InChI is InChI=1S/C15H20N2O2.ClH/c1-3-14(18)12-4-6-13(7-5-12)15(19)17-9-8-16-10-11(17)2;/h4-7,11,16H,3,8-10H2,1-2H3;1H/t11-;/m1./s1. The van der Waals surface area contributed by atoms with Gasteiger partial charge in [-0.15, -0.1) is 12.4 Å². The van der Waals surface area contributed by atoms with E-state index in [0.717, 1.165) is 19.6 Å². The average Bonchev–Trinajstić information content (AvgIpc) is 2.46. The minimum absolute atomic E-state index is 0. The smallest absolute Gasteiger partial charge is 0.254 e. The Hall–Kier alpha value is -1.39. The van der Waals surface area contributed by atoms with Crippen LogP contribution in [0.15, 0.2) is 24.3 Å². The van der Waals surface area contributed by atoms with Gasteiger partial charge in [-0.1, -0.05) is 19.1 Å². The van der Waals surface area contributed by atoms with Gasteiger partial charge in [0.2, 0.25) is 0 Å². The summed E-state index contributed by atoms with van der Waals surface area (Å²) >= 11 is 0. The van der Waals surface area contributed by atoms with E-state index in [0.29, 0.717) is 17.5 Å². The van der Waals surface area contributed by atoms with Crippen molar-refractivity contribution in [3.63, 3.8) is 0 Å². The summed E-state index contributed by atoms with van der Waals surface area (Å²) < 4.78 is 0. The molecule has 1 aliphatic rings. The molecular weight excluding hydrogens is 276 g/mol. The van der Waals surface area contributed by atoms with Gasteiger partial charge in [-0.2, -0.15) is 0 Å². The zero-order valence-corrected chi connectivity index (χ0v) is 12.7. The second-order valence-electron chi connectivity index (χ2n) is 4.91. The highest BCUT2D eigenvalue weighted by molar-refractivity contribution is 5.98. The van der Waals surface area contributed by atoms with Crippen molar-refractivity contribution in [2.45, 2.75) is 26.3 Å². The minimum atomic E-state index is 0. The minimum Gasteiger partial charge on any atom is -0.333 e. The van der Waals surface area contributed by atoms with Crippen LogP contribution in [-0.2, 0) is 0 Å². The van der Waals surface area contributed by atoms with Crippen LogP contribution in [0.25, 0.3) is 0 Å². The Kier molecular flexibility index (Phi) is 6.17. The lowest BCUT2D eigenvalue weighted by molar-refractivity contribution is 0.0655. The van der Waals surface area contributed by atoms with Crippen molar-refractivity contribution < 1.29 is 9.59 Å². The highest BCUT2D eigenvalue weighted by Gasteiger charge is 2.23. The average molecular weight is 297 g/mol. The third kappa shape index (κ3) is 3.58. The molecule has 110 valence electrons. The Morgan fingerprint density at radius 2 is 1.85 bits per heavy atom. The van der Waals surface area contributed by atoms with Crippen LogP contribution >= 0.6 is 12.4 Å². The van der Waals surface area contributed by atoms with Crippen LogP contribution < -0.4 is 5.32 Å². The number of benzene rings is 1. The first kappa shape index (κ1) is 16.7. The molecule has 1 aliphatic heterocycles. The van der Waals surface area contributed by atoms with Crippen molar-refractivity contribution in [3.05, 3.63) is 35.4 Å². The Morgan fingerprint density at radius 3 is 2.40 bits per heavy atom. The zero-order chi connectivity index (χ0) is 13.8. The van der Waals surface area contributed by atoms with Gasteiger partial charge in [0.25, 0.3) is 5.91 Å². The first-order chi connectivity index (χ1) is 9.13. The van der Waals surface area contributed by atoms with E-state index >= 15 is 0 Å². The molecule has 1 amide bonds. The molecule has 0 spiro atoms. The molecule has 0 radical (unpaired) electrons. The monoisotopic (exact) mass is 296 g/mol. The van der Waals surface area contributed by atoms with Crippen molar-refractivity contribution in [3.8, 4) is 0 Å². The summed E-state index contributed by atoms with van der Waals surface area (Å²) in [5, 5.41) is 3.26. The number of piperazine rings is 1. The molecule has 4 nitrogen and oxygen atoms in total. The highest BCUT2D eigenvalue weighted by Crippen LogP contribution is 2.12. The Morgan fingerprint density at radius 1 is 1.25 bits per heavy atom. The van der Waals surface area contributed by atoms with Crippen LogP contribution in [0.5, 0.6) is 0 Å². The van der Waals surface area contributed by atoms with Crippen molar-refractivity contribution in [2.24, 2.45) is 0 Å². The number of carbonyl (C=O) groups excluding carboxylic acids is 2. The van der Waals surface area contributed by atoms with Crippen molar-refractivity contribution in [1.29, 1.82) is 0 Å². The number of nitrogens with one attached hydrogen (secondary N) is 1. The van der Waals surface area contributed by atoms with E-state index in [9.17, 15) is 9.59 Å². The Balaban J connectivity index is 0.00000200. The number of halogens is 1. The van der Waals surface area contributed by atoms with Gasteiger partial charge in [-0.25, -0.2) is 0 Å². The van der Waals surface area contributed by atoms with Crippen LogP contribution in [0.3, 0.4) is 0 Å². The van der Waals surface area contributed by atoms with Gasteiger partial charge >= 0.3 is 0 Å². The summed E-state index contributed by atoms with van der Waals surface area (Å²) in [4.78, 5) is 25.8. The topological polar surface area (TPSA) is 49.4 Å². The molecule has 5 heteroatoms. The van der Waals surface area contributed by atoms with Crippen molar-refractivity contribution >= 4 is 24.1 Å². The van der Waals surface area contributed by atoms with Crippen molar-refractivity contribution in [2.75, 3.05) is 19.6 Å². The molecule has 0 aliphatic carbocycles. The molecule has 2 rings (SSSR count).